The van der Waals surface area contributed by atoms with E-state index in [2.05, 4.69) is 0 Å². The fraction of sp³-hybridized carbons (Fsp3) is 0.714. The summed E-state index contributed by atoms with van der Waals surface area (Å²) in [7, 11) is 0. The Hall–Kier alpha value is -1.22. The highest BCUT2D eigenvalue weighted by Crippen LogP contribution is 2.00. The van der Waals surface area contributed by atoms with Crippen molar-refractivity contribution in [2.45, 2.75) is 12.8 Å². The van der Waals surface area contributed by atoms with Crippen molar-refractivity contribution in [3.8, 4) is 6.07 Å². The molecule has 0 fully saturated rings. The van der Waals surface area contributed by atoms with Crippen LogP contribution in [0.15, 0.2) is 0 Å². The molecule has 0 aromatic rings. The van der Waals surface area contributed by atoms with E-state index in [9.17, 15) is 13.6 Å². The van der Waals surface area contributed by atoms with Crippen LogP contribution in [0.4, 0.5) is 8.78 Å². The van der Waals surface area contributed by atoms with Crippen molar-refractivity contribution in [2.75, 3.05) is 19.7 Å². The van der Waals surface area contributed by atoms with Crippen LogP contribution >= 0.6 is 0 Å². The van der Waals surface area contributed by atoms with Crippen molar-refractivity contribution < 1.29 is 18.7 Å². The first-order valence-electron chi connectivity index (χ1n) is 3.65. The highest BCUT2D eigenvalue weighted by atomic mass is 19.3. The molecule has 0 saturated carbocycles. The van der Waals surface area contributed by atoms with Gasteiger partial charge in [0.15, 0.2) is 0 Å². The van der Waals surface area contributed by atoms with Crippen molar-refractivity contribution >= 4 is 5.91 Å². The number of alkyl halides is 2. The Balaban J connectivity index is 4.08. The van der Waals surface area contributed by atoms with E-state index < -0.39 is 25.3 Å². The summed E-state index contributed by atoms with van der Waals surface area (Å²) in [6.45, 7) is -1.28. The molecule has 0 aliphatic rings. The molecule has 0 aromatic carbocycles. The summed E-state index contributed by atoms with van der Waals surface area (Å²) in [6, 6.07) is 1.56. The number of carbonyl (C=O) groups is 1. The fourth-order valence-corrected chi connectivity index (χ4v) is 0.785. The molecule has 0 aromatic heterocycles. The van der Waals surface area contributed by atoms with Crippen LogP contribution in [0.25, 0.3) is 0 Å². The number of rotatable bonds is 5. The first-order chi connectivity index (χ1) is 6.11. The molecule has 0 unspecified atom stereocenters. The normalized spacial score (nSPS) is 9.77. The Bertz CT molecular complexity index is 203. The summed E-state index contributed by atoms with van der Waals surface area (Å²) in [5.41, 5.74) is 0. The smallest absolute Gasteiger partial charge is 0.255 e. The highest BCUT2D eigenvalue weighted by molar-refractivity contribution is 5.78. The van der Waals surface area contributed by atoms with Gasteiger partial charge in [-0.3, -0.25) is 4.79 Å². The molecule has 1 N–H and O–H groups in total. The molecular formula is C7H10F2N2O2. The SMILES string of the molecule is N#CCC(=O)N(CCO)CC(F)F. The van der Waals surface area contributed by atoms with Crippen LogP contribution in [-0.4, -0.2) is 42.0 Å². The molecule has 0 aliphatic heterocycles. The standard InChI is InChI=1S/C7H10F2N2O2/c8-6(9)5-11(3-4-12)7(13)1-2-10/h6,12H,1,3-5H2. The van der Waals surface area contributed by atoms with E-state index in [1.807, 2.05) is 0 Å². The van der Waals surface area contributed by atoms with E-state index in [-0.39, 0.29) is 13.2 Å². The van der Waals surface area contributed by atoms with E-state index >= 15 is 0 Å². The molecule has 0 saturated heterocycles. The molecule has 6 heteroatoms. The lowest BCUT2D eigenvalue weighted by Gasteiger charge is -2.19. The molecule has 0 bridgehead atoms. The average molecular weight is 192 g/mol. The van der Waals surface area contributed by atoms with Gasteiger partial charge in [-0.05, 0) is 0 Å². The number of amides is 1. The second-order valence-corrected chi connectivity index (χ2v) is 2.29. The summed E-state index contributed by atoms with van der Waals surface area (Å²) in [5.74, 6) is -0.683. The maximum atomic E-state index is 11.9. The van der Waals surface area contributed by atoms with Crippen molar-refractivity contribution in [3.05, 3.63) is 0 Å². The molecule has 0 rings (SSSR count). The predicted octanol–water partition coefficient (Wildman–Crippen LogP) is -0.0139. The maximum absolute atomic E-state index is 11.9. The molecule has 0 atom stereocenters. The molecule has 0 radical (unpaired) electrons. The number of carbonyl (C=O) groups excluding carboxylic acids is 1. The Labute approximate surface area is 74.4 Å². The largest absolute Gasteiger partial charge is 0.395 e. The zero-order valence-electron chi connectivity index (χ0n) is 6.91. The number of hydrogen-bond acceptors (Lipinski definition) is 3. The molecule has 0 aliphatic carbocycles. The fourth-order valence-electron chi connectivity index (χ4n) is 0.785. The molecule has 4 nitrogen and oxygen atoms in total. The third kappa shape index (κ3) is 5.09. The van der Waals surface area contributed by atoms with Gasteiger partial charge in [0.1, 0.15) is 6.42 Å². The van der Waals surface area contributed by atoms with Crippen LogP contribution in [0.5, 0.6) is 0 Å². The number of nitrogens with zero attached hydrogens (tertiary/aromatic N) is 2. The zero-order chi connectivity index (χ0) is 10.3. The molecule has 1 amide bonds. The number of aliphatic hydroxyl groups excluding tert-OH is 1. The predicted molar refractivity (Wildman–Crippen MR) is 39.9 cm³/mol. The van der Waals surface area contributed by atoms with E-state index in [0.29, 0.717) is 0 Å². The molecule has 74 valence electrons. The Morgan fingerprint density at radius 2 is 2.23 bits per heavy atom. The third-order valence-corrected chi connectivity index (χ3v) is 1.31. The molecule has 0 spiro atoms. The van der Waals surface area contributed by atoms with Crippen molar-refractivity contribution in [1.82, 2.24) is 4.90 Å². The Kier molecular flexibility index (Phi) is 5.72. The van der Waals surface area contributed by atoms with Crippen LogP contribution in [0.1, 0.15) is 6.42 Å². The van der Waals surface area contributed by atoms with Crippen molar-refractivity contribution in [2.24, 2.45) is 0 Å². The van der Waals surface area contributed by atoms with E-state index in [4.69, 9.17) is 10.4 Å². The van der Waals surface area contributed by atoms with Gasteiger partial charge in [0.2, 0.25) is 5.91 Å². The lowest BCUT2D eigenvalue weighted by atomic mass is 10.3. The van der Waals surface area contributed by atoms with Gasteiger partial charge >= 0.3 is 0 Å². The van der Waals surface area contributed by atoms with Crippen LogP contribution in [0.2, 0.25) is 0 Å². The lowest BCUT2D eigenvalue weighted by Crippen LogP contribution is -2.36. The lowest BCUT2D eigenvalue weighted by molar-refractivity contribution is -0.132. The second kappa shape index (κ2) is 6.31. The molecule has 0 heterocycles. The summed E-state index contributed by atoms with van der Waals surface area (Å²) in [6.07, 6.45) is -3.08. The number of aliphatic hydroxyl groups is 1. The first kappa shape index (κ1) is 11.8. The summed E-state index contributed by atoms with van der Waals surface area (Å²) in [4.78, 5) is 11.7. The van der Waals surface area contributed by atoms with Crippen molar-refractivity contribution in [3.63, 3.8) is 0 Å². The van der Waals surface area contributed by atoms with E-state index in [0.717, 1.165) is 4.90 Å². The minimum atomic E-state index is -2.64. The second-order valence-electron chi connectivity index (χ2n) is 2.29. The number of halogens is 2. The number of hydrogen-bond donors (Lipinski definition) is 1. The van der Waals surface area contributed by atoms with Crippen molar-refractivity contribution in [1.29, 1.82) is 5.26 Å². The van der Waals surface area contributed by atoms with E-state index in [1.54, 1.807) is 6.07 Å². The van der Waals surface area contributed by atoms with Gasteiger partial charge < -0.3 is 10.0 Å². The minimum Gasteiger partial charge on any atom is -0.395 e. The van der Waals surface area contributed by atoms with Gasteiger partial charge in [0.05, 0.1) is 19.2 Å². The average Bonchev–Trinajstić information content (AvgIpc) is 2.03. The summed E-state index contributed by atoms with van der Waals surface area (Å²) < 4.78 is 23.7. The van der Waals surface area contributed by atoms with Crippen LogP contribution < -0.4 is 0 Å². The molecular weight excluding hydrogens is 182 g/mol. The first-order valence-corrected chi connectivity index (χ1v) is 3.65. The minimum absolute atomic E-state index is 0.162. The van der Waals surface area contributed by atoms with Gasteiger partial charge in [-0.25, -0.2) is 8.78 Å². The topological polar surface area (TPSA) is 64.3 Å². The van der Waals surface area contributed by atoms with Gasteiger partial charge in [0, 0.05) is 6.54 Å². The summed E-state index contributed by atoms with van der Waals surface area (Å²) in [5, 5.41) is 16.6. The van der Waals surface area contributed by atoms with Gasteiger partial charge in [-0.15, -0.1) is 0 Å². The Morgan fingerprint density at radius 3 is 2.62 bits per heavy atom. The Morgan fingerprint density at radius 1 is 1.62 bits per heavy atom. The van der Waals surface area contributed by atoms with Crippen LogP contribution in [0, 0.1) is 11.3 Å². The maximum Gasteiger partial charge on any atom is 0.255 e. The van der Waals surface area contributed by atoms with Gasteiger partial charge in [-0.1, -0.05) is 0 Å². The van der Waals surface area contributed by atoms with E-state index in [1.165, 1.54) is 0 Å². The van der Waals surface area contributed by atoms with Gasteiger partial charge in [0.25, 0.3) is 6.43 Å². The van der Waals surface area contributed by atoms with Crippen LogP contribution in [0.3, 0.4) is 0 Å². The monoisotopic (exact) mass is 192 g/mol. The zero-order valence-corrected chi connectivity index (χ0v) is 6.91. The van der Waals surface area contributed by atoms with Gasteiger partial charge in [-0.2, -0.15) is 5.26 Å². The quantitative estimate of drug-likeness (QED) is 0.666. The highest BCUT2D eigenvalue weighted by Gasteiger charge is 2.16. The molecule has 13 heavy (non-hydrogen) atoms. The van der Waals surface area contributed by atoms with Crippen LogP contribution in [-0.2, 0) is 4.79 Å². The third-order valence-electron chi connectivity index (χ3n) is 1.31. The summed E-state index contributed by atoms with van der Waals surface area (Å²) >= 11 is 0. The number of nitriles is 1.